The van der Waals surface area contributed by atoms with Crippen LogP contribution in [0.3, 0.4) is 0 Å². The molecule has 0 heterocycles. The molecule has 3 nitrogen and oxygen atoms in total. The maximum Gasteiger partial charge on any atom is 0.338 e. The van der Waals surface area contributed by atoms with Crippen molar-refractivity contribution in [1.82, 2.24) is 4.72 Å². The summed E-state index contributed by atoms with van der Waals surface area (Å²) in [5.74, 6) is -3.25. The van der Waals surface area contributed by atoms with Crippen LogP contribution >= 0.6 is 11.9 Å². The van der Waals surface area contributed by atoms with Crippen molar-refractivity contribution in [3.8, 4) is 0 Å². The third-order valence-corrected chi connectivity index (χ3v) is 2.54. The van der Waals surface area contributed by atoms with Crippen molar-refractivity contribution in [3.05, 3.63) is 29.3 Å². The normalized spacial score (nSPS) is 10.3. The second-order valence-corrected chi connectivity index (χ2v) is 3.60. The summed E-state index contributed by atoms with van der Waals surface area (Å²) in [6.07, 6.45) is 0. The second-order valence-electron chi connectivity index (χ2n) is 2.67. The fraction of sp³-hybridized carbons (Fsp3) is 0.222. The van der Waals surface area contributed by atoms with Crippen molar-refractivity contribution in [2.75, 3.05) is 6.54 Å². The Labute approximate surface area is 89.6 Å². The van der Waals surface area contributed by atoms with Crippen molar-refractivity contribution in [3.63, 3.8) is 0 Å². The first kappa shape index (κ1) is 11.9. The van der Waals surface area contributed by atoms with Crippen LogP contribution in [-0.2, 0) is 0 Å². The lowest BCUT2D eigenvalue weighted by Gasteiger charge is -2.05. The van der Waals surface area contributed by atoms with Crippen molar-refractivity contribution >= 4 is 17.9 Å². The van der Waals surface area contributed by atoms with E-state index < -0.39 is 23.2 Å². The highest BCUT2D eigenvalue weighted by atomic mass is 32.2. The minimum atomic E-state index is -1.41. The van der Waals surface area contributed by atoms with Gasteiger partial charge in [-0.15, -0.1) is 0 Å². The lowest BCUT2D eigenvalue weighted by molar-refractivity contribution is 0.0691. The number of aromatic carboxylic acids is 1. The molecule has 0 radical (unpaired) electrons. The first-order valence-corrected chi connectivity index (χ1v) is 5.00. The van der Waals surface area contributed by atoms with Gasteiger partial charge in [0.25, 0.3) is 0 Å². The lowest BCUT2D eigenvalue weighted by Crippen LogP contribution is -2.05. The first-order chi connectivity index (χ1) is 7.06. The molecule has 1 aromatic rings. The van der Waals surface area contributed by atoms with Gasteiger partial charge in [0.05, 0.1) is 10.5 Å². The smallest absolute Gasteiger partial charge is 0.338 e. The van der Waals surface area contributed by atoms with Gasteiger partial charge in [-0.2, -0.15) is 0 Å². The molecule has 0 atom stereocenters. The number of hydrogen-bond acceptors (Lipinski definition) is 3. The molecular formula is C9H9F2NO2S. The molecule has 0 saturated carbocycles. The number of hydrogen-bond donors (Lipinski definition) is 2. The topological polar surface area (TPSA) is 49.3 Å². The Balaban J connectivity index is 3.06. The van der Waals surface area contributed by atoms with Crippen molar-refractivity contribution in [2.45, 2.75) is 11.8 Å². The molecule has 0 aliphatic rings. The fourth-order valence-corrected chi connectivity index (χ4v) is 1.55. The highest BCUT2D eigenvalue weighted by Gasteiger charge is 2.15. The van der Waals surface area contributed by atoms with E-state index in [4.69, 9.17) is 5.11 Å². The van der Waals surface area contributed by atoms with Gasteiger partial charge in [0.15, 0.2) is 0 Å². The zero-order chi connectivity index (χ0) is 11.4. The number of nitrogens with one attached hydrogen (secondary N) is 1. The van der Waals surface area contributed by atoms with Gasteiger partial charge in [-0.1, -0.05) is 6.92 Å². The fourth-order valence-electron chi connectivity index (χ4n) is 0.921. The summed E-state index contributed by atoms with van der Waals surface area (Å²) in [4.78, 5) is 10.6. The van der Waals surface area contributed by atoms with Gasteiger partial charge in [0.1, 0.15) is 11.6 Å². The summed E-state index contributed by atoms with van der Waals surface area (Å²) in [5.41, 5.74) is -0.531. The molecule has 2 N–H and O–H groups in total. The molecule has 6 heteroatoms. The molecule has 15 heavy (non-hydrogen) atoms. The molecule has 0 saturated heterocycles. The Morgan fingerprint density at radius 3 is 2.67 bits per heavy atom. The molecule has 0 unspecified atom stereocenters. The van der Waals surface area contributed by atoms with Crippen LogP contribution in [0, 0.1) is 11.6 Å². The Kier molecular flexibility index (Phi) is 4.05. The Morgan fingerprint density at radius 1 is 1.47 bits per heavy atom. The van der Waals surface area contributed by atoms with E-state index >= 15 is 0 Å². The van der Waals surface area contributed by atoms with E-state index in [1.54, 1.807) is 0 Å². The van der Waals surface area contributed by atoms with Gasteiger partial charge >= 0.3 is 5.97 Å². The summed E-state index contributed by atoms with van der Waals surface area (Å²) in [6.45, 7) is 2.40. The number of rotatable bonds is 4. The number of carboxylic acids is 1. The first-order valence-electron chi connectivity index (χ1n) is 4.18. The van der Waals surface area contributed by atoms with Crippen LogP contribution < -0.4 is 4.72 Å². The highest BCUT2D eigenvalue weighted by Crippen LogP contribution is 2.22. The van der Waals surface area contributed by atoms with Gasteiger partial charge in [-0.25, -0.2) is 13.6 Å². The molecular weight excluding hydrogens is 224 g/mol. The summed E-state index contributed by atoms with van der Waals surface area (Å²) >= 11 is 0.932. The largest absolute Gasteiger partial charge is 0.478 e. The molecule has 0 aromatic heterocycles. The molecule has 1 aromatic carbocycles. The Morgan fingerprint density at radius 2 is 2.13 bits per heavy atom. The molecule has 0 fully saturated rings. The standard InChI is InChI=1S/C9H9F2NO2S/c1-2-12-15-8-3-5(9(13)14)6(10)4-7(8)11/h3-4,12H,2H2,1H3,(H,13,14). The summed E-state index contributed by atoms with van der Waals surface area (Å²) in [5, 5.41) is 8.61. The van der Waals surface area contributed by atoms with Crippen molar-refractivity contribution in [1.29, 1.82) is 0 Å². The van der Waals surface area contributed by atoms with Crippen LogP contribution in [0.5, 0.6) is 0 Å². The van der Waals surface area contributed by atoms with Crippen molar-refractivity contribution in [2.24, 2.45) is 0 Å². The van der Waals surface area contributed by atoms with Gasteiger partial charge < -0.3 is 5.11 Å². The lowest BCUT2D eigenvalue weighted by atomic mass is 10.2. The quantitative estimate of drug-likeness (QED) is 0.783. The molecule has 82 valence electrons. The molecule has 0 bridgehead atoms. The third-order valence-electron chi connectivity index (χ3n) is 1.58. The molecule has 0 amide bonds. The van der Waals surface area contributed by atoms with Crippen LogP contribution in [0.1, 0.15) is 17.3 Å². The van der Waals surface area contributed by atoms with E-state index in [-0.39, 0.29) is 4.90 Å². The van der Waals surface area contributed by atoms with Gasteiger partial charge in [-0.3, -0.25) is 4.72 Å². The monoisotopic (exact) mass is 233 g/mol. The van der Waals surface area contributed by atoms with E-state index in [0.29, 0.717) is 12.6 Å². The average Bonchev–Trinajstić information content (AvgIpc) is 2.16. The van der Waals surface area contributed by atoms with E-state index in [2.05, 4.69) is 4.72 Å². The maximum atomic E-state index is 13.1. The van der Waals surface area contributed by atoms with Crippen LogP contribution in [0.2, 0.25) is 0 Å². The number of carboxylic acid groups (broad SMARTS) is 1. The zero-order valence-electron chi connectivity index (χ0n) is 7.88. The van der Waals surface area contributed by atoms with Crippen LogP contribution in [0.4, 0.5) is 8.78 Å². The van der Waals surface area contributed by atoms with Crippen LogP contribution in [-0.4, -0.2) is 17.6 Å². The highest BCUT2D eigenvalue weighted by molar-refractivity contribution is 7.97. The van der Waals surface area contributed by atoms with E-state index in [0.717, 1.165) is 18.0 Å². The SMILES string of the molecule is CCNSc1cc(C(=O)O)c(F)cc1F. The predicted octanol–water partition coefficient (Wildman–Crippen LogP) is 2.28. The Hall–Kier alpha value is -1.14. The molecule has 1 rings (SSSR count). The van der Waals surface area contributed by atoms with E-state index in [1.165, 1.54) is 0 Å². The minimum absolute atomic E-state index is 0.0654. The van der Waals surface area contributed by atoms with Crippen molar-refractivity contribution < 1.29 is 18.7 Å². The van der Waals surface area contributed by atoms with Crippen LogP contribution in [0.15, 0.2) is 17.0 Å². The number of carbonyl (C=O) groups is 1. The summed E-state index contributed by atoms with van der Waals surface area (Å²) in [7, 11) is 0. The molecule has 0 aliphatic heterocycles. The third kappa shape index (κ3) is 2.90. The number of benzene rings is 1. The predicted molar refractivity (Wildman–Crippen MR) is 52.9 cm³/mol. The maximum absolute atomic E-state index is 13.1. The van der Waals surface area contributed by atoms with E-state index in [9.17, 15) is 13.6 Å². The van der Waals surface area contributed by atoms with Gasteiger partial charge in [0.2, 0.25) is 0 Å². The Bertz CT molecular complexity index is 385. The zero-order valence-corrected chi connectivity index (χ0v) is 8.70. The van der Waals surface area contributed by atoms with Crippen LogP contribution in [0.25, 0.3) is 0 Å². The summed E-state index contributed by atoms with van der Waals surface area (Å²) < 4.78 is 28.8. The molecule has 0 aliphatic carbocycles. The molecule has 0 spiro atoms. The van der Waals surface area contributed by atoms with Gasteiger partial charge in [0, 0.05) is 12.6 Å². The van der Waals surface area contributed by atoms with E-state index in [1.807, 2.05) is 6.92 Å². The summed E-state index contributed by atoms with van der Waals surface area (Å²) in [6, 6.07) is 1.55. The average molecular weight is 233 g/mol. The minimum Gasteiger partial charge on any atom is -0.478 e. The number of halogens is 2. The second kappa shape index (κ2) is 5.09. The van der Waals surface area contributed by atoms with Gasteiger partial charge in [-0.05, 0) is 18.0 Å².